The second-order valence-electron chi connectivity index (χ2n) is 4.07. The molecular formula is C9H10ClN5O5. The predicted molar refractivity (Wildman–Crippen MR) is 66.8 cm³/mol. The van der Waals surface area contributed by atoms with Crippen LogP contribution in [0, 0.1) is 0 Å². The summed E-state index contributed by atoms with van der Waals surface area (Å²) in [6.45, 7) is -0.444. The maximum atomic E-state index is 11.8. The molecule has 1 saturated heterocycles. The first kappa shape index (κ1) is 14.6. The van der Waals surface area contributed by atoms with Crippen molar-refractivity contribution < 1.29 is 14.9 Å². The van der Waals surface area contributed by atoms with E-state index >= 15 is 0 Å². The van der Waals surface area contributed by atoms with E-state index in [1.807, 2.05) is 4.98 Å². The van der Waals surface area contributed by atoms with Crippen LogP contribution in [-0.4, -0.2) is 38.6 Å². The van der Waals surface area contributed by atoms with Crippen LogP contribution in [0.2, 0.25) is 5.02 Å². The number of aliphatic hydroxyl groups is 2. The highest BCUT2D eigenvalue weighted by molar-refractivity contribution is 6.32. The van der Waals surface area contributed by atoms with Gasteiger partial charge < -0.3 is 14.9 Å². The third-order valence-corrected chi connectivity index (χ3v) is 3.22. The number of halogens is 1. The lowest BCUT2D eigenvalue weighted by Crippen LogP contribution is -2.33. The second kappa shape index (κ2) is 5.65. The molecule has 0 unspecified atom stereocenters. The van der Waals surface area contributed by atoms with Gasteiger partial charge in [0.2, 0.25) is 0 Å². The number of nitrogens with zero attached hydrogens (tertiary/aromatic N) is 4. The average Bonchev–Trinajstić information content (AvgIpc) is 2.76. The van der Waals surface area contributed by atoms with E-state index in [9.17, 15) is 14.7 Å². The third kappa shape index (κ3) is 2.42. The normalized spacial score (nSPS) is 25.4. The number of hydrogen-bond acceptors (Lipinski definition) is 6. The lowest BCUT2D eigenvalue weighted by atomic mass is 10.2. The van der Waals surface area contributed by atoms with Crippen molar-refractivity contribution in [3.8, 4) is 0 Å². The Balaban J connectivity index is 2.57. The maximum absolute atomic E-state index is 11.8. The first-order chi connectivity index (χ1) is 9.49. The summed E-state index contributed by atoms with van der Waals surface area (Å²) in [5.74, 6) is -0.404. The lowest BCUT2D eigenvalue weighted by Gasteiger charge is -2.17. The number of aliphatic hydroxyl groups excluding tert-OH is 2. The van der Waals surface area contributed by atoms with E-state index in [0.717, 1.165) is 4.57 Å². The fourth-order valence-corrected chi connectivity index (χ4v) is 2.13. The van der Waals surface area contributed by atoms with Crippen molar-refractivity contribution in [2.45, 2.75) is 24.9 Å². The molecule has 1 aromatic rings. The van der Waals surface area contributed by atoms with Gasteiger partial charge in [0.05, 0.1) is 12.7 Å². The Bertz CT molecular complexity index is 678. The molecular weight excluding hydrogens is 294 g/mol. The van der Waals surface area contributed by atoms with Crippen LogP contribution in [0.25, 0.3) is 10.4 Å². The Morgan fingerprint density at radius 2 is 2.30 bits per heavy atom. The number of H-pyrrole nitrogens is 1. The number of hydrogen-bond donors (Lipinski definition) is 3. The molecule has 108 valence electrons. The molecule has 1 fully saturated rings. The number of nitrogens with one attached hydrogen (secondary N) is 1. The number of aromatic amines is 1. The summed E-state index contributed by atoms with van der Waals surface area (Å²) in [6, 6.07) is 0. The quantitative estimate of drug-likeness (QED) is 0.400. The van der Waals surface area contributed by atoms with Crippen molar-refractivity contribution in [3.63, 3.8) is 0 Å². The van der Waals surface area contributed by atoms with Crippen LogP contribution in [0.1, 0.15) is 12.6 Å². The monoisotopic (exact) mass is 303 g/mol. The van der Waals surface area contributed by atoms with Gasteiger partial charge in [-0.3, -0.25) is 14.3 Å². The molecule has 11 heteroatoms. The van der Waals surface area contributed by atoms with Crippen molar-refractivity contribution in [2.75, 3.05) is 6.61 Å². The zero-order chi connectivity index (χ0) is 14.9. The van der Waals surface area contributed by atoms with Crippen LogP contribution >= 0.6 is 11.6 Å². The summed E-state index contributed by atoms with van der Waals surface area (Å²) in [5.41, 5.74) is 6.70. The molecule has 0 aromatic carbocycles. The van der Waals surface area contributed by atoms with Crippen LogP contribution in [0.5, 0.6) is 0 Å². The van der Waals surface area contributed by atoms with Crippen LogP contribution in [-0.2, 0) is 4.74 Å². The summed E-state index contributed by atoms with van der Waals surface area (Å²) in [6.07, 6.45) is -2.91. The minimum absolute atomic E-state index is 0.0263. The van der Waals surface area contributed by atoms with Gasteiger partial charge in [-0.05, 0) is 10.6 Å². The summed E-state index contributed by atoms with van der Waals surface area (Å²) in [7, 11) is 0. The molecule has 1 aromatic heterocycles. The van der Waals surface area contributed by atoms with Crippen LogP contribution < -0.4 is 11.2 Å². The van der Waals surface area contributed by atoms with E-state index in [0.29, 0.717) is 0 Å². The second-order valence-corrected chi connectivity index (χ2v) is 4.45. The number of azide groups is 1. The summed E-state index contributed by atoms with van der Waals surface area (Å²) >= 11 is 5.70. The van der Waals surface area contributed by atoms with E-state index in [1.165, 1.54) is 0 Å². The molecule has 0 amide bonds. The van der Waals surface area contributed by atoms with Gasteiger partial charge in [0.1, 0.15) is 23.2 Å². The first-order valence-electron chi connectivity index (χ1n) is 5.53. The molecule has 0 saturated carbocycles. The molecule has 20 heavy (non-hydrogen) atoms. The Kier molecular flexibility index (Phi) is 4.12. The van der Waals surface area contributed by atoms with Gasteiger partial charge >= 0.3 is 5.69 Å². The van der Waals surface area contributed by atoms with E-state index in [1.54, 1.807) is 0 Å². The van der Waals surface area contributed by atoms with Gasteiger partial charge in [0.25, 0.3) is 5.56 Å². The summed E-state index contributed by atoms with van der Waals surface area (Å²) in [4.78, 5) is 27.6. The maximum Gasteiger partial charge on any atom is 0.330 e. The Hall–Kier alpha value is -1.84. The van der Waals surface area contributed by atoms with Gasteiger partial charge in [-0.1, -0.05) is 11.6 Å². The molecule has 10 nitrogen and oxygen atoms in total. The molecule has 2 heterocycles. The van der Waals surface area contributed by atoms with Gasteiger partial charge in [0.15, 0.2) is 0 Å². The largest absolute Gasteiger partial charge is 0.394 e. The number of aromatic nitrogens is 2. The highest BCUT2D eigenvalue weighted by Gasteiger charge is 2.36. The van der Waals surface area contributed by atoms with Crippen LogP contribution in [0.4, 0.5) is 5.82 Å². The molecule has 3 atom stereocenters. The standard InChI is InChI=1S/C9H10ClN5O5/c10-6-7(13-14-11)15(9(19)12-8(6)18)5-1-3(17)4(2-16)20-5/h3-5,16-17H,1-2H2,(H,12,18,19)/t3-,4+,5+/m0/s1. The van der Waals surface area contributed by atoms with Crippen LogP contribution in [0.3, 0.4) is 0 Å². The van der Waals surface area contributed by atoms with E-state index in [-0.39, 0.29) is 6.42 Å². The molecule has 1 aliphatic rings. The minimum atomic E-state index is -1.01. The minimum Gasteiger partial charge on any atom is -0.394 e. The Morgan fingerprint density at radius 3 is 2.85 bits per heavy atom. The SMILES string of the molecule is [N-]=[N+]=Nc1c(Cl)c(=O)[nH]c(=O)n1[C@H]1C[C@H](O)[C@@H](CO)O1. The topological polar surface area (TPSA) is 153 Å². The molecule has 2 rings (SSSR count). The number of rotatable bonds is 3. The van der Waals surface area contributed by atoms with Crippen molar-refractivity contribution in [1.82, 2.24) is 9.55 Å². The van der Waals surface area contributed by atoms with E-state index in [4.69, 9.17) is 27.0 Å². The fourth-order valence-electron chi connectivity index (χ4n) is 1.95. The zero-order valence-electron chi connectivity index (χ0n) is 9.93. The van der Waals surface area contributed by atoms with Crippen LogP contribution in [0.15, 0.2) is 14.7 Å². The van der Waals surface area contributed by atoms with E-state index < -0.39 is 47.1 Å². The van der Waals surface area contributed by atoms with Crippen molar-refractivity contribution in [2.24, 2.45) is 5.11 Å². The van der Waals surface area contributed by atoms with Gasteiger partial charge in [-0.15, -0.1) is 0 Å². The highest BCUT2D eigenvalue weighted by atomic mass is 35.5. The highest BCUT2D eigenvalue weighted by Crippen LogP contribution is 2.32. The van der Waals surface area contributed by atoms with Gasteiger partial charge in [-0.2, -0.15) is 0 Å². The van der Waals surface area contributed by atoms with Crippen molar-refractivity contribution in [3.05, 3.63) is 36.3 Å². The average molecular weight is 304 g/mol. The molecule has 0 bridgehead atoms. The fraction of sp³-hybridized carbons (Fsp3) is 0.556. The first-order valence-corrected chi connectivity index (χ1v) is 5.91. The van der Waals surface area contributed by atoms with Crippen molar-refractivity contribution >= 4 is 17.4 Å². The summed E-state index contributed by atoms with van der Waals surface area (Å²) in [5, 5.41) is 21.4. The summed E-state index contributed by atoms with van der Waals surface area (Å²) < 4.78 is 6.11. The zero-order valence-corrected chi connectivity index (χ0v) is 10.7. The van der Waals surface area contributed by atoms with Gasteiger partial charge in [-0.25, -0.2) is 4.79 Å². The molecule has 0 radical (unpaired) electrons. The molecule has 0 aliphatic carbocycles. The molecule has 0 spiro atoms. The lowest BCUT2D eigenvalue weighted by molar-refractivity contribution is -0.0452. The molecule has 3 N–H and O–H groups in total. The van der Waals surface area contributed by atoms with Crippen molar-refractivity contribution in [1.29, 1.82) is 0 Å². The Morgan fingerprint density at radius 1 is 1.60 bits per heavy atom. The molecule has 1 aliphatic heterocycles. The van der Waals surface area contributed by atoms with Gasteiger partial charge in [0, 0.05) is 11.3 Å². The van der Waals surface area contributed by atoms with E-state index in [2.05, 4.69) is 10.0 Å². The predicted octanol–water partition coefficient (Wildman–Crippen LogP) is -0.228. The smallest absolute Gasteiger partial charge is 0.330 e. The third-order valence-electron chi connectivity index (χ3n) is 2.87. The number of ether oxygens (including phenoxy) is 1. The Labute approximate surface area is 115 Å².